The smallest absolute Gasteiger partial charge is 0.143 e. The highest BCUT2D eigenvalue weighted by Crippen LogP contribution is 2.63. The summed E-state index contributed by atoms with van der Waals surface area (Å²) >= 11 is 6.78. The molecule has 0 atom stereocenters. The summed E-state index contributed by atoms with van der Waals surface area (Å²) in [4.78, 5) is 2.35. The average molecular weight is 826 g/mol. The van der Waals surface area contributed by atoms with E-state index in [1.165, 1.54) is 38.6 Å². The maximum Gasteiger partial charge on any atom is 0.143 e. The van der Waals surface area contributed by atoms with Crippen LogP contribution in [0.4, 0.5) is 17.1 Å². The molecule has 1 aliphatic heterocycles. The molecule has 1 aliphatic carbocycles. The molecule has 0 saturated heterocycles. The number of nitrogens with zero attached hydrogens (tertiary/aromatic N) is 1. The van der Waals surface area contributed by atoms with E-state index in [1.54, 1.807) is 0 Å². The van der Waals surface area contributed by atoms with E-state index in [9.17, 15) is 0 Å². The fourth-order valence-electron chi connectivity index (χ4n) is 10.4. The Labute approximate surface area is 369 Å². The van der Waals surface area contributed by atoms with Crippen LogP contribution in [0.5, 0.6) is 11.5 Å². The molecule has 0 saturated carbocycles. The number of para-hydroxylation sites is 1. The standard InChI is InChI=1S/C59H36ClNO2/c60-42-26-30-53-56(33-42)62-57-36-44(29-31-54(57)59(53)51-19-9-6-16-46(51)47-17-7-10-20-52(47)59)61(43-27-24-39(25-28-43)37-12-2-1-3-13-37)45-34-49(41-23-22-38-14-4-5-15-40(38)32-41)58-50(35-45)48-18-8-11-21-55(48)63-58/h1-36H. The van der Waals surface area contributed by atoms with Gasteiger partial charge in [0.15, 0.2) is 0 Å². The van der Waals surface area contributed by atoms with Crippen LogP contribution in [0.2, 0.25) is 5.02 Å². The van der Waals surface area contributed by atoms with Crippen molar-refractivity contribution in [3.8, 4) is 44.9 Å². The van der Waals surface area contributed by atoms with E-state index in [0.717, 1.165) is 78.3 Å². The van der Waals surface area contributed by atoms with Gasteiger partial charge in [-0.1, -0.05) is 169 Å². The van der Waals surface area contributed by atoms with Gasteiger partial charge in [-0.15, -0.1) is 0 Å². The first-order valence-electron chi connectivity index (χ1n) is 21.3. The third-order valence-electron chi connectivity index (χ3n) is 13.2. The van der Waals surface area contributed by atoms with Crippen LogP contribution in [0.1, 0.15) is 22.3 Å². The van der Waals surface area contributed by atoms with Gasteiger partial charge in [0.1, 0.15) is 22.7 Å². The van der Waals surface area contributed by atoms with Crippen molar-refractivity contribution in [2.75, 3.05) is 4.90 Å². The summed E-state index contributed by atoms with van der Waals surface area (Å²) in [5, 5.41) is 5.12. The number of hydrogen-bond donors (Lipinski definition) is 0. The molecule has 0 bridgehead atoms. The van der Waals surface area contributed by atoms with Crippen molar-refractivity contribution in [1.82, 2.24) is 0 Å². The second-order valence-corrected chi connectivity index (χ2v) is 17.0. The molecule has 13 rings (SSSR count). The Bertz CT molecular complexity index is 3580. The van der Waals surface area contributed by atoms with Crippen LogP contribution in [0.25, 0.3) is 66.1 Å². The number of halogens is 1. The van der Waals surface area contributed by atoms with E-state index in [4.69, 9.17) is 20.8 Å². The van der Waals surface area contributed by atoms with E-state index in [2.05, 4.69) is 205 Å². The van der Waals surface area contributed by atoms with E-state index in [1.807, 2.05) is 18.2 Å². The van der Waals surface area contributed by atoms with Gasteiger partial charge in [0.25, 0.3) is 0 Å². The predicted octanol–water partition coefficient (Wildman–Crippen LogP) is 16.7. The van der Waals surface area contributed by atoms with Crippen LogP contribution in [-0.4, -0.2) is 0 Å². The SMILES string of the molecule is Clc1ccc2c(c1)Oc1cc(N(c3ccc(-c4ccccc4)cc3)c3cc(-c4ccc5ccccc5c4)c4oc5ccccc5c4c3)ccc1C21c2ccccc2-c2ccccc21. The molecule has 296 valence electrons. The van der Waals surface area contributed by atoms with Crippen molar-refractivity contribution in [3.05, 3.63) is 246 Å². The van der Waals surface area contributed by atoms with Crippen LogP contribution >= 0.6 is 11.6 Å². The van der Waals surface area contributed by atoms with Gasteiger partial charge in [0.2, 0.25) is 0 Å². The summed E-state index contributed by atoms with van der Waals surface area (Å²) in [6, 6.07) is 77.9. The summed E-state index contributed by atoms with van der Waals surface area (Å²) in [5.41, 5.74) is 15.6. The minimum absolute atomic E-state index is 0.612. The molecule has 2 aliphatic rings. The second kappa shape index (κ2) is 13.8. The van der Waals surface area contributed by atoms with E-state index in [-0.39, 0.29) is 0 Å². The lowest BCUT2D eigenvalue weighted by atomic mass is 9.66. The minimum atomic E-state index is -0.612. The van der Waals surface area contributed by atoms with Gasteiger partial charge >= 0.3 is 0 Å². The summed E-state index contributed by atoms with van der Waals surface area (Å²) < 4.78 is 13.8. The van der Waals surface area contributed by atoms with E-state index < -0.39 is 5.41 Å². The van der Waals surface area contributed by atoms with Crippen LogP contribution in [0.3, 0.4) is 0 Å². The maximum absolute atomic E-state index is 7.04. The number of rotatable bonds is 5. The molecule has 10 aromatic carbocycles. The van der Waals surface area contributed by atoms with Crippen LogP contribution < -0.4 is 9.64 Å². The van der Waals surface area contributed by atoms with E-state index >= 15 is 0 Å². The van der Waals surface area contributed by atoms with Gasteiger partial charge in [-0.2, -0.15) is 0 Å². The minimum Gasteiger partial charge on any atom is -0.457 e. The number of benzene rings is 10. The first kappa shape index (κ1) is 35.9. The molecule has 0 radical (unpaired) electrons. The summed E-state index contributed by atoms with van der Waals surface area (Å²) in [7, 11) is 0. The molecule has 11 aromatic rings. The highest BCUT2D eigenvalue weighted by molar-refractivity contribution is 6.30. The van der Waals surface area contributed by atoms with Gasteiger partial charge < -0.3 is 14.1 Å². The molecule has 1 spiro atoms. The van der Waals surface area contributed by atoms with Crippen molar-refractivity contribution >= 4 is 61.4 Å². The number of anilines is 3. The third kappa shape index (κ3) is 5.40. The fraction of sp³-hybridized carbons (Fsp3) is 0.0169. The van der Waals surface area contributed by atoms with Crippen LogP contribution in [0, 0.1) is 0 Å². The molecular formula is C59H36ClNO2. The van der Waals surface area contributed by atoms with Crippen molar-refractivity contribution in [3.63, 3.8) is 0 Å². The summed E-state index contributed by atoms with van der Waals surface area (Å²) in [6.45, 7) is 0. The quantitative estimate of drug-likeness (QED) is 0.173. The Morgan fingerprint density at radius 3 is 1.79 bits per heavy atom. The van der Waals surface area contributed by atoms with Gasteiger partial charge in [-0.25, -0.2) is 0 Å². The van der Waals surface area contributed by atoms with Gasteiger partial charge in [0, 0.05) is 55.6 Å². The molecule has 2 heterocycles. The third-order valence-corrected chi connectivity index (χ3v) is 13.4. The summed E-state index contributed by atoms with van der Waals surface area (Å²) in [6.07, 6.45) is 0. The zero-order chi connectivity index (χ0) is 41.6. The molecule has 63 heavy (non-hydrogen) atoms. The topological polar surface area (TPSA) is 25.6 Å². The molecular weight excluding hydrogens is 790 g/mol. The molecule has 4 heteroatoms. The lowest BCUT2D eigenvalue weighted by molar-refractivity contribution is 0.436. The largest absolute Gasteiger partial charge is 0.457 e. The molecule has 0 amide bonds. The number of ether oxygens (including phenoxy) is 1. The normalized spacial score (nSPS) is 13.1. The number of hydrogen-bond acceptors (Lipinski definition) is 3. The highest BCUT2D eigenvalue weighted by Gasteiger charge is 2.51. The number of fused-ring (bicyclic) bond motifs is 13. The Morgan fingerprint density at radius 1 is 0.381 bits per heavy atom. The average Bonchev–Trinajstić information content (AvgIpc) is 3.86. The molecule has 1 aromatic heterocycles. The van der Waals surface area contributed by atoms with Crippen molar-refractivity contribution in [2.45, 2.75) is 5.41 Å². The first-order valence-corrected chi connectivity index (χ1v) is 21.7. The Hall–Kier alpha value is -7.85. The lowest BCUT2D eigenvalue weighted by Gasteiger charge is -2.40. The molecule has 0 unspecified atom stereocenters. The van der Waals surface area contributed by atoms with Crippen molar-refractivity contribution in [1.29, 1.82) is 0 Å². The maximum atomic E-state index is 7.04. The highest BCUT2D eigenvalue weighted by atomic mass is 35.5. The Kier molecular flexibility index (Phi) is 7.88. The van der Waals surface area contributed by atoms with Gasteiger partial charge in [0.05, 0.1) is 5.41 Å². The zero-order valence-electron chi connectivity index (χ0n) is 33.9. The van der Waals surface area contributed by atoms with Crippen LogP contribution in [-0.2, 0) is 5.41 Å². The number of furan rings is 1. The van der Waals surface area contributed by atoms with Crippen molar-refractivity contribution < 1.29 is 9.15 Å². The fourth-order valence-corrected chi connectivity index (χ4v) is 10.6. The second-order valence-electron chi connectivity index (χ2n) is 16.5. The molecule has 3 nitrogen and oxygen atoms in total. The molecule has 0 fully saturated rings. The summed E-state index contributed by atoms with van der Waals surface area (Å²) in [5.74, 6) is 1.53. The first-order chi connectivity index (χ1) is 31.1. The van der Waals surface area contributed by atoms with E-state index in [0.29, 0.717) is 5.02 Å². The predicted molar refractivity (Wildman–Crippen MR) is 259 cm³/mol. The van der Waals surface area contributed by atoms with Crippen LogP contribution in [0.15, 0.2) is 223 Å². The van der Waals surface area contributed by atoms with Gasteiger partial charge in [-0.05, 0) is 104 Å². The molecule has 0 N–H and O–H groups in total. The zero-order valence-corrected chi connectivity index (χ0v) is 34.7. The Balaban J connectivity index is 1.07. The van der Waals surface area contributed by atoms with Crippen molar-refractivity contribution in [2.24, 2.45) is 0 Å². The lowest BCUT2D eigenvalue weighted by Crippen LogP contribution is -2.32. The monoisotopic (exact) mass is 825 g/mol. The van der Waals surface area contributed by atoms with Gasteiger partial charge in [-0.3, -0.25) is 0 Å². The Morgan fingerprint density at radius 2 is 1.00 bits per heavy atom.